The van der Waals surface area contributed by atoms with E-state index in [0.717, 1.165) is 11.5 Å². The summed E-state index contributed by atoms with van der Waals surface area (Å²) in [5, 5.41) is 19.6. The molecule has 0 radical (unpaired) electrons. The third-order valence-corrected chi connectivity index (χ3v) is 5.75. The highest BCUT2D eigenvalue weighted by Gasteiger charge is 2.40. The Bertz CT molecular complexity index is 1140. The van der Waals surface area contributed by atoms with E-state index in [1.807, 2.05) is 0 Å². The molecule has 3 aromatic rings. The highest BCUT2D eigenvalue weighted by atomic mass is 19.4. The molecule has 3 aromatic heterocycles. The molecule has 0 spiro atoms. The zero-order chi connectivity index (χ0) is 23.9. The van der Waals surface area contributed by atoms with Crippen molar-refractivity contribution in [3.05, 3.63) is 41.7 Å². The second-order valence-electron chi connectivity index (χ2n) is 8.24. The first-order chi connectivity index (χ1) is 15.5. The van der Waals surface area contributed by atoms with Crippen LogP contribution >= 0.6 is 0 Å². The van der Waals surface area contributed by atoms with E-state index < -0.39 is 30.6 Å². The average molecular weight is 468 g/mol. The summed E-state index contributed by atoms with van der Waals surface area (Å²) in [6, 6.07) is 1.27. The van der Waals surface area contributed by atoms with E-state index in [0.29, 0.717) is 23.9 Å². The Labute approximate surface area is 186 Å². The van der Waals surface area contributed by atoms with E-state index in [9.17, 15) is 27.8 Å². The first-order valence-corrected chi connectivity index (χ1v) is 10.5. The van der Waals surface area contributed by atoms with Gasteiger partial charge >= 0.3 is 6.18 Å². The SMILES string of the molecule is C[C@H](n1c([C@@H](C)O)nc2cnc(Cc3ccnc(N4CC[C@@H](O)[C@@H](F)C4)n3)cc21)C(F)(F)F. The number of nitrogens with zero attached hydrogens (tertiary/aromatic N) is 6. The van der Waals surface area contributed by atoms with Gasteiger partial charge in [0.15, 0.2) is 0 Å². The highest BCUT2D eigenvalue weighted by Crippen LogP contribution is 2.35. The Hall–Kier alpha value is -2.86. The van der Waals surface area contributed by atoms with Crippen molar-refractivity contribution >= 4 is 17.0 Å². The zero-order valence-corrected chi connectivity index (χ0v) is 18.0. The maximum atomic E-state index is 13.9. The van der Waals surface area contributed by atoms with E-state index in [1.54, 1.807) is 11.0 Å². The molecule has 4 heterocycles. The van der Waals surface area contributed by atoms with E-state index >= 15 is 0 Å². The van der Waals surface area contributed by atoms with Crippen LogP contribution < -0.4 is 4.90 Å². The first kappa shape index (κ1) is 23.3. The fourth-order valence-corrected chi connectivity index (χ4v) is 3.90. The van der Waals surface area contributed by atoms with Crippen LogP contribution in [0.1, 0.15) is 49.6 Å². The molecular formula is C21H24F4N6O2. The van der Waals surface area contributed by atoms with Gasteiger partial charge in [0.05, 0.1) is 30.1 Å². The molecule has 0 aliphatic carbocycles. The van der Waals surface area contributed by atoms with Gasteiger partial charge in [-0.3, -0.25) is 4.98 Å². The van der Waals surface area contributed by atoms with Crippen LogP contribution in [0.4, 0.5) is 23.5 Å². The molecule has 4 atom stereocenters. The van der Waals surface area contributed by atoms with Crippen LogP contribution in [0, 0.1) is 0 Å². The van der Waals surface area contributed by atoms with Gasteiger partial charge < -0.3 is 19.7 Å². The van der Waals surface area contributed by atoms with Gasteiger partial charge in [-0.05, 0) is 32.4 Å². The predicted molar refractivity (Wildman–Crippen MR) is 111 cm³/mol. The lowest BCUT2D eigenvalue weighted by Gasteiger charge is -2.32. The standard InChI is InChI=1S/C21H24F4N6O2/c1-11(32)19-29-16-9-27-14(8-17(16)31(19)12(2)21(23,24)25)7-13-3-5-26-20(28-13)30-6-4-18(33)15(22)10-30/h3,5,8-9,11-12,15,18,32-33H,4,6-7,10H2,1-2H3/t11-,12+,15+,18-/m1/s1. The summed E-state index contributed by atoms with van der Waals surface area (Å²) in [7, 11) is 0. The molecule has 1 aliphatic rings. The third kappa shape index (κ3) is 4.76. The molecule has 33 heavy (non-hydrogen) atoms. The summed E-state index contributed by atoms with van der Waals surface area (Å²) in [6.45, 7) is 2.76. The number of pyridine rings is 1. The molecular weight excluding hydrogens is 444 g/mol. The average Bonchev–Trinajstić information content (AvgIpc) is 3.13. The second-order valence-corrected chi connectivity index (χ2v) is 8.24. The van der Waals surface area contributed by atoms with Crippen LogP contribution in [0.3, 0.4) is 0 Å². The molecule has 4 rings (SSSR count). The number of anilines is 1. The van der Waals surface area contributed by atoms with Gasteiger partial charge in [-0.15, -0.1) is 0 Å². The monoisotopic (exact) mass is 468 g/mol. The van der Waals surface area contributed by atoms with E-state index in [1.165, 1.54) is 25.4 Å². The van der Waals surface area contributed by atoms with Gasteiger partial charge in [-0.25, -0.2) is 19.3 Å². The molecule has 1 fully saturated rings. The van der Waals surface area contributed by atoms with Gasteiger partial charge in [0.1, 0.15) is 29.7 Å². The minimum Gasteiger partial charge on any atom is -0.390 e. The summed E-state index contributed by atoms with van der Waals surface area (Å²) in [5.41, 5.74) is 1.46. The van der Waals surface area contributed by atoms with Crippen LogP contribution in [-0.2, 0) is 6.42 Å². The summed E-state index contributed by atoms with van der Waals surface area (Å²) in [5.74, 6) is 0.224. The molecule has 12 heteroatoms. The van der Waals surface area contributed by atoms with Crippen LogP contribution in [0.25, 0.3) is 11.0 Å². The Kier molecular flexibility index (Phi) is 6.23. The van der Waals surface area contributed by atoms with Gasteiger partial charge in [-0.1, -0.05) is 0 Å². The maximum absolute atomic E-state index is 13.9. The Morgan fingerprint density at radius 1 is 1.18 bits per heavy atom. The lowest BCUT2D eigenvalue weighted by Crippen LogP contribution is -2.45. The van der Waals surface area contributed by atoms with Crippen molar-refractivity contribution in [3.63, 3.8) is 0 Å². The molecule has 1 saturated heterocycles. The topological polar surface area (TPSA) is 100 Å². The van der Waals surface area contributed by atoms with Crippen molar-refractivity contribution in [2.75, 3.05) is 18.0 Å². The smallest absolute Gasteiger partial charge is 0.390 e. The number of piperidine rings is 1. The van der Waals surface area contributed by atoms with E-state index in [4.69, 9.17) is 0 Å². The number of hydrogen-bond acceptors (Lipinski definition) is 7. The minimum absolute atomic E-state index is 0.0224. The summed E-state index contributed by atoms with van der Waals surface area (Å²) in [6.07, 6.45) is -4.76. The van der Waals surface area contributed by atoms with Crippen molar-refractivity contribution in [2.45, 2.75) is 57.3 Å². The van der Waals surface area contributed by atoms with Crippen molar-refractivity contribution in [2.24, 2.45) is 0 Å². The molecule has 0 amide bonds. The Balaban J connectivity index is 1.65. The van der Waals surface area contributed by atoms with Crippen LogP contribution in [0.5, 0.6) is 0 Å². The number of aromatic nitrogens is 5. The first-order valence-electron chi connectivity index (χ1n) is 10.5. The number of alkyl halides is 4. The number of rotatable bonds is 5. The van der Waals surface area contributed by atoms with Crippen molar-refractivity contribution in [3.8, 4) is 0 Å². The van der Waals surface area contributed by atoms with Crippen molar-refractivity contribution < 1.29 is 27.8 Å². The van der Waals surface area contributed by atoms with Crippen LogP contribution in [0.15, 0.2) is 24.5 Å². The fraction of sp³-hybridized carbons (Fsp3) is 0.524. The Morgan fingerprint density at radius 2 is 1.94 bits per heavy atom. The normalized spacial score (nSPS) is 21.4. The molecule has 0 bridgehead atoms. The number of fused-ring (bicyclic) bond motifs is 1. The van der Waals surface area contributed by atoms with Gasteiger partial charge in [0, 0.05) is 24.9 Å². The number of imidazole rings is 1. The largest absolute Gasteiger partial charge is 0.408 e. The van der Waals surface area contributed by atoms with Crippen molar-refractivity contribution in [1.82, 2.24) is 24.5 Å². The summed E-state index contributed by atoms with van der Waals surface area (Å²) in [4.78, 5) is 18.7. The van der Waals surface area contributed by atoms with Gasteiger partial charge in [0.25, 0.3) is 0 Å². The minimum atomic E-state index is -4.53. The van der Waals surface area contributed by atoms with Crippen LogP contribution in [-0.4, -0.2) is 66.3 Å². The molecule has 0 saturated carbocycles. The number of aliphatic hydroxyl groups is 2. The summed E-state index contributed by atoms with van der Waals surface area (Å²) >= 11 is 0. The number of aliphatic hydroxyl groups excluding tert-OH is 2. The van der Waals surface area contributed by atoms with E-state index in [-0.39, 0.29) is 36.2 Å². The number of hydrogen-bond donors (Lipinski definition) is 2. The summed E-state index contributed by atoms with van der Waals surface area (Å²) < 4.78 is 55.4. The second kappa shape index (κ2) is 8.82. The molecule has 1 aliphatic heterocycles. The van der Waals surface area contributed by atoms with E-state index in [2.05, 4.69) is 19.9 Å². The highest BCUT2D eigenvalue weighted by molar-refractivity contribution is 5.76. The van der Waals surface area contributed by atoms with Crippen molar-refractivity contribution in [1.29, 1.82) is 0 Å². The fourth-order valence-electron chi connectivity index (χ4n) is 3.90. The third-order valence-electron chi connectivity index (χ3n) is 5.75. The van der Waals surface area contributed by atoms with Crippen LogP contribution in [0.2, 0.25) is 0 Å². The molecule has 178 valence electrons. The van der Waals surface area contributed by atoms with Gasteiger partial charge in [-0.2, -0.15) is 13.2 Å². The number of halogens is 4. The lowest BCUT2D eigenvalue weighted by molar-refractivity contribution is -0.163. The molecule has 8 nitrogen and oxygen atoms in total. The zero-order valence-electron chi connectivity index (χ0n) is 18.0. The predicted octanol–water partition coefficient (Wildman–Crippen LogP) is 2.90. The van der Waals surface area contributed by atoms with Gasteiger partial charge in [0.2, 0.25) is 5.95 Å². The maximum Gasteiger partial charge on any atom is 0.408 e. The molecule has 0 aromatic carbocycles. The molecule has 0 unspecified atom stereocenters. The quantitative estimate of drug-likeness (QED) is 0.556. The lowest BCUT2D eigenvalue weighted by atomic mass is 10.1. The Morgan fingerprint density at radius 3 is 2.61 bits per heavy atom. The molecule has 2 N–H and O–H groups in total.